The second-order valence-electron chi connectivity index (χ2n) is 5.41. The molecule has 1 fully saturated rings. The number of aromatic nitrogens is 5. The van der Waals surface area contributed by atoms with Crippen molar-refractivity contribution in [3.05, 3.63) is 24.8 Å². The third-order valence-corrected chi connectivity index (χ3v) is 3.73. The molecule has 3 heterocycles. The average molecular weight is 316 g/mol. The van der Waals surface area contributed by atoms with E-state index in [2.05, 4.69) is 35.8 Å². The number of hydrogen-bond donors (Lipinski definition) is 2. The predicted molar refractivity (Wildman–Crippen MR) is 85.1 cm³/mol. The maximum atomic E-state index is 12.1. The molecular formula is C14H20N8O. The Kier molecular flexibility index (Phi) is 4.65. The lowest BCUT2D eigenvalue weighted by Crippen LogP contribution is -2.49. The van der Waals surface area contributed by atoms with Crippen LogP contribution in [0.2, 0.25) is 0 Å². The van der Waals surface area contributed by atoms with Crippen LogP contribution in [-0.4, -0.2) is 50.1 Å². The minimum Gasteiger partial charge on any atom is -0.353 e. The van der Waals surface area contributed by atoms with Gasteiger partial charge in [0.15, 0.2) is 5.82 Å². The van der Waals surface area contributed by atoms with Crippen molar-refractivity contribution >= 4 is 17.7 Å². The van der Waals surface area contributed by atoms with Crippen molar-refractivity contribution in [3.8, 4) is 0 Å². The van der Waals surface area contributed by atoms with E-state index in [0.717, 1.165) is 25.2 Å². The Morgan fingerprint density at radius 2 is 2.35 bits per heavy atom. The van der Waals surface area contributed by atoms with Crippen molar-refractivity contribution in [1.29, 1.82) is 0 Å². The fourth-order valence-electron chi connectivity index (χ4n) is 2.61. The van der Waals surface area contributed by atoms with Gasteiger partial charge >= 0.3 is 6.03 Å². The Morgan fingerprint density at radius 3 is 3.09 bits per heavy atom. The summed E-state index contributed by atoms with van der Waals surface area (Å²) in [4.78, 5) is 22.6. The molecule has 1 saturated heterocycles. The largest absolute Gasteiger partial charge is 0.353 e. The van der Waals surface area contributed by atoms with Crippen LogP contribution in [-0.2, 0) is 6.54 Å². The Hall–Kier alpha value is -2.71. The molecule has 122 valence electrons. The zero-order valence-corrected chi connectivity index (χ0v) is 13.0. The first kappa shape index (κ1) is 15.2. The number of piperidine rings is 1. The van der Waals surface area contributed by atoms with E-state index in [9.17, 15) is 4.79 Å². The number of aryl methyl sites for hydroxylation is 1. The third-order valence-electron chi connectivity index (χ3n) is 3.73. The van der Waals surface area contributed by atoms with Crippen molar-refractivity contribution in [3.63, 3.8) is 0 Å². The number of carbonyl (C=O) groups is 1. The van der Waals surface area contributed by atoms with E-state index in [1.165, 1.54) is 0 Å². The molecule has 9 nitrogen and oxygen atoms in total. The molecule has 2 amide bonds. The number of nitrogens with zero attached hydrogens (tertiary/aromatic N) is 6. The standard InChI is InChI=1S/C14H20N8O/c1-2-22-10-12(19-20-22)18-14(23)17-11-4-3-7-21(9-11)13-8-15-5-6-16-13/h5-6,8,10-11H,2-4,7,9H2,1H3,(H2,17,18,23). The molecule has 0 aromatic carbocycles. The van der Waals surface area contributed by atoms with Crippen LogP contribution in [0.25, 0.3) is 0 Å². The topological polar surface area (TPSA) is 101 Å². The number of amides is 2. The maximum absolute atomic E-state index is 12.1. The highest BCUT2D eigenvalue weighted by molar-refractivity contribution is 5.88. The molecule has 2 N–H and O–H groups in total. The van der Waals surface area contributed by atoms with Crippen LogP contribution in [0.4, 0.5) is 16.4 Å². The van der Waals surface area contributed by atoms with Crippen LogP contribution < -0.4 is 15.5 Å². The van der Waals surface area contributed by atoms with Crippen molar-refractivity contribution in [2.24, 2.45) is 0 Å². The van der Waals surface area contributed by atoms with Crippen molar-refractivity contribution in [2.75, 3.05) is 23.3 Å². The summed E-state index contributed by atoms with van der Waals surface area (Å²) in [6, 6.07) is -0.203. The number of rotatable bonds is 4. The smallest absolute Gasteiger partial charge is 0.320 e. The Labute approximate surface area is 134 Å². The SMILES string of the molecule is CCn1cc(NC(=O)NC2CCCN(c3cnccn3)C2)nn1. The molecule has 0 radical (unpaired) electrons. The molecule has 1 aliphatic heterocycles. The Balaban J connectivity index is 1.54. The predicted octanol–water partition coefficient (Wildman–Crippen LogP) is 0.878. The van der Waals surface area contributed by atoms with Gasteiger partial charge in [-0.1, -0.05) is 5.21 Å². The van der Waals surface area contributed by atoms with Crippen LogP contribution in [0.1, 0.15) is 19.8 Å². The molecule has 1 atom stereocenters. The van der Waals surface area contributed by atoms with Crippen molar-refractivity contribution in [2.45, 2.75) is 32.4 Å². The van der Waals surface area contributed by atoms with Gasteiger partial charge in [-0.15, -0.1) is 5.10 Å². The lowest BCUT2D eigenvalue weighted by molar-refractivity contribution is 0.246. The lowest BCUT2D eigenvalue weighted by Gasteiger charge is -2.33. The Morgan fingerprint density at radius 1 is 1.43 bits per heavy atom. The van der Waals surface area contributed by atoms with Crippen molar-refractivity contribution < 1.29 is 4.79 Å². The normalized spacial score (nSPS) is 17.8. The summed E-state index contributed by atoms with van der Waals surface area (Å²) in [5.41, 5.74) is 0. The van der Waals surface area contributed by atoms with Gasteiger partial charge < -0.3 is 10.2 Å². The molecule has 1 aliphatic rings. The fraction of sp³-hybridized carbons (Fsp3) is 0.500. The highest BCUT2D eigenvalue weighted by atomic mass is 16.2. The van der Waals surface area contributed by atoms with Crippen LogP contribution in [0, 0.1) is 0 Å². The summed E-state index contributed by atoms with van der Waals surface area (Å²) in [5.74, 6) is 1.29. The molecule has 2 aromatic rings. The quantitative estimate of drug-likeness (QED) is 0.868. The summed E-state index contributed by atoms with van der Waals surface area (Å²) in [6.45, 7) is 4.31. The van der Waals surface area contributed by atoms with E-state index < -0.39 is 0 Å². The first-order valence-corrected chi connectivity index (χ1v) is 7.73. The van der Waals surface area contributed by atoms with Gasteiger partial charge in [-0.3, -0.25) is 15.0 Å². The highest BCUT2D eigenvalue weighted by Crippen LogP contribution is 2.16. The molecule has 2 aromatic heterocycles. The van der Waals surface area contributed by atoms with E-state index in [-0.39, 0.29) is 12.1 Å². The molecule has 1 unspecified atom stereocenters. The van der Waals surface area contributed by atoms with E-state index >= 15 is 0 Å². The molecule has 0 spiro atoms. The Bertz CT molecular complexity index is 643. The minimum absolute atomic E-state index is 0.0620. The molecular weight excluding hydrogens is 296 g/mol. The van der Waals surface area contributed by atoms with Crippen LogP contribution >= 0.6 is 0 Å². The second kappa shape index (κ2) is 7.03. The van der Waals surface area contributed by atoms with Gasteiger partial charge in [0, 0.05) is 38.1 Å². The average Bonchev–Trinajstić information content (AvgIpc) is 3.03. The lowest BCUT2D eigenvalue weighted by atomic mass is 10.1. The van der Waals surface area contributed by atoms with Crippen molar-refractivity contribution in [1.82, 2.24) is 30.3 Å². The van der Waals surface area contributed by atoms with Crippen LogP contribution in [0.3, 0.4) is 0 Å². The van der Waals surface area contributed by atoms with Gasteiger partial charge in [0.05, 0.1) is 12.4 Å². The molecule has 9 heteroatoms. The zero-order valence-electron chi connectivity index (χ0n) is 13.0. The number of urea groups is 1. The summed E-state index contributed by atoms with van der Waals surface area (Å²) in [6.07, 6.45) is 8.70. The summed E-state index contributed by atoms with van der Waals surface area (Å²) in [7, 11) is 0. The molecule has 3 rings (SSSR count). The molecule has 0 saturated carbocycles. The van der Waals surface area contributed by atoms with Crippen LogP contribution in [0.5, 0.6) is 0 Å². The first-order valence-electron chi connectivity index (χ1n) is 7.73. The van der Waals surface area contributed by atoms with Gasteiger partial charge in [0.2, 0.25) is 0 Å². The van der Waals surface area contributed by atoms with E-state index in [1.54, 1.807) is 29.5 Å². The van der Waals surface area contributed by atoms with Gasteiger partial charge in [-0.2, -0.15) is 0 Å². The minimum atomic E-state index is -0.265. The maximum Gasteiger partial charge on any atom is 0.320 e. The third kappa shape index (κ3) is 3.93. The fourth-order valence-corrected chi connectivity index (χ4v) is 2.61. The highest BCUT2D eigenvalue weighted by Gasteiger charge is 2.22. The molecule has 23 heavy (non-hydrogen) atoms. The van der Waals surface area contributed by atoms with Gasteiger partial charge in [0.1, 0.15) is 5.82 Å². The number of hydrogen-bond acceptors (Lipinski definition) is 6. The summed E-state index contributed by atoms with van der Waals surface area (Å²) >= 11 is 0. The molecule has 0 aliphatic carbocycles. The van der Waals surface area contributed by atoms with E-state index in [4.69, 9.17) is 0 Å². The number of carbonyl (C=O) groups excluding carboxylic acids is 1. The second-order valence-corrected chi connectivity index (χ2v) is 5.41. The number of nitrogens with one attached hydrogen (secondary N) is 2. The number of anilines is 2. The van der Waals surface area contributed by atoms with Gasteiger partial charge in [-0.25, -0.2) is 9.78 Å². The van der Waals surface area contributed by atoms with E-state index in [0.29, 0.717) is 18.9 Å². The summed E-state index contributed by atoms with van der Waals surface area (Å²) in [5, 5.41) is 13.5. The van der Waals surface area contributed by atoms with Gasteiger partial charge in [0.25, 0.3) is 0 Å². The summed E-state index contributed by atoms with van der Waals surface area (Å²) < 4.78 is 1.66. The van der Waals surface area contributed by atoms with E-state index in [1.807, 2.05) is 6.92 Å². The monoisotopic (exact) mass is 316 g/mol. The van der Waals surface area contributed by atoms with Crippen LogP contribution in [0.15, 0.2) is 24.8 Å². The zero-order chi connectivity index (χ0) is 16.1. The van der Waals surface area contributed by atoms with Gasteiger partial charge in [-0.05, 0) is 19.8 Å². The first-order chi connectivity index (χ1) is 11.2. The molecule has 0 bridgehead atoms.